The third-order valence-corrected chi connectivity index (χ3v) is 5.43. The monoisotopic (exact) mass is 553 g/mol. The number of aliphatic imine (C=N–C) groups is 1. The highest BCUT2D eigenvalue weighted by atomic mass is 127. The van der Waals surface area contributed by atoms with Gasteiger partial charge in [-0.3, -0.25) is 14.3 Å². The molecule has 1 aliphatic heterocycles. The molecule has 1 saturated heterocycles. The van der Waals surface area contributed by atoms with Gasteiger partial charge in [-0.15, -0.1) is 34.2 Å². The molecule has 0 unspecified atom stereocenters. The highest BCUT2D eigenvalue weighted by Gasteiger charge is 2.32. The largest absolute Gasteiger partial charge is 0.401 e. The summed E-state index contributed by atoms with van der Waals surface area (Å²) in [5.41, 5.74) is 0.849. The van der Waals surface area contributed by atoms with Crippen LogP contribution < -0.4 is 10.6 Å². The van der Waals surface area contributed by atoms with Crippen molar-refractivity contribution < 1.29 is 13.2 Å². The van der Waals surface area contributed by atoms with E-state index in [4.69, 9.17) is 0 Å². The number of fused-ring (bicyclic) bond motifs is 1. The zero-order chi connectivity index (χ0) is 21.4. The summed E-state index contributed by atoms with van der Waals surface area (Å²) < 4.78 is 39.4. The lowest BCUT2D eigenvalue weighted by molar-refractivity contribution is -0.148. The van der Waals surface area contributed by atoms with Crippen molar-refractivity contribution in [2.75, 3.05) is 39.8 Å². The standard InChI is InChI=1S/C20H30F3N7.HI/c1-24-19(25-10-4-6-18-28-27-17-5-2-3-12-30(17)18)26-11-7-16-8-13-29(14-9-16)15-20(21,22)23;/h2-3,5,12,16H,4,6-11,13-15H2,1H3,(H2,24,25,26);1H. The predicted molar refractivity (Wildman–Crippen MR) is 126 cm³/mol. The van der Waals surface area contributed by atoms with Crippen LogP contribution in [0.3, 0.4) is 0 Å². The second-order valence-electron chi connectivity index (χ2n) is 7.70. The number of hydrogen-bond donors (Lipinski definition) is 2. The molecule has 11 heteroatoms. The lowest BCUT2D eigenvalue weighted by Crippen LogP contribution is -2.41. The molecule has 0 atom stereocenters. The van der Waals surface area contributed by atoms with Gasteiger partial charge < -0.3 is 10.6 Å². The van der Waals surface area contributed by atoms with E-state index in [9.17, 15) is 13.2 Å². The van der Waals surface area contributed by atoms with Gasteiger partial charge in [-0.2, -0.15) is 13.2 Å². The number of halogens is 4. The Morgan fingerprint density at radius 1 is 1.16 bits per heavy atom. The molecular weight excluding hydrogens is 522 g/mol. The Hall–Kier alpha value is -1.63. The lowest BCUT2D eigenvalue weighted by atomic mass is 9.93. The SMILES string of the molecule is CN=C(NCCCc1nnc2ccccn12)NCCC1CCN(CC(F)(F)F)CC1.I. The first kappa shape index (κ1) is 25.6. The Balaban J connectivity index is 0.00000341. The third kappa shape index (κ3) is 8.43. The Morgan fingerprint density at radius 2 is 1.90 bits per heavy atom. The molecule has 1 aliphatic rings. The van der Waals surface area contributed by atoms with E-state index in [1.807, 2.05) is 28.8 Å². The number of guanidine groups is 1. The maximum atomic E-state index is 12.5. The summed E-state index contributed by atoms with van der Waals surface area (Å²) in [5.74, 6) is 2.14. The Bertz CT molecular complexity index is 816. The number of nitrogens with zero attached hydrogens (tertiary/aromatic N) is 5. The van der Waals surface area contributed by atoms with E-state index < -0.39 is 12.7 Å². The van der Waals surface area contributed by atoms with Gasteiger partial charge in [0.05, 0.1) is 6.54 Å². The van der Waals surface area contributed by atoms with E-state index in [-0.39, 0.29) is 24.0 Å². The van der Waals surface area contributed by atoms with Crippen molar-refractivity contribution in [3.63, 3.8) is 0 Å². The van der Waals surface area contributed by atoms with Gasteiger partial charge in [0.1, 0.15) is 5.82 Å². The van der Waals surface area contributed by atoms with E-state index in [1.54, 1.807) is 7.05 Å². The molecule has 174 valence electrons. The van der Waals surface area contributed by atoms with Gasteiger partial charge in [0.15, 0.2) is 11.6 Å². The van der Waals surface area contributed by atoms with Crippen LogP contribution >= 0.6 is 24.0 Å². The Morgan fingerprint density at radius 3 is 2.61 bits per heavy atom. The van der Waals surface area contributed by atoms with Crippen molar-refractivity contribution in [1.82, 2.24) is 30.1 Å². The molecule has 2 N–H and O–H groups in total. The van der Waals surface area contributed by atoms with Crippen LogP contribution in [0.1, 0.15) is 31.5 Å². The van der Waals surface area contributed by atoms with Crippen LogP contribution in [-0.4, -0.2) is 71.4 Å². The number of alkyl halides is 3. The van der Waals surface area contributed by atoms with E-state index in [1.165, 1.54) is 4.90 Å². The first-order chi connectivity index (χ1) is 14.4. The summed E-state index contributed by atoms with van der Waals surface area (Å²) in [7, 11) is 1.73. The van der Waals surface area contributed by atoms with Crippen LogP contribution in [0.2, 0.25) is 0 Å². The minimum absolute atomic E-state index is 0. The average Bonchev–Trinajstić information content (AvgIpc) is 3.13. The number of aromatic nitrogens is 3. The molecule has 0 bridgehead atoms. The Kier molecular flexibility index (Phi) is 10.3. The van der Waals surface area contributed by atoms with Crippen LogP contribution in [-0.2, 0) is 6.42 Å². The van der Waals surface area contributed by atoms with Gasteiger partial charge >= 0.3 is 6.18 Å². The molecule has 1 fully saturated rings. The second-order valence-corrected chi connectivity index (χ2v) is 7.70. The quantitative estimate of drug-likeness (QED) is 0.228. The number of aryl methyl sites for hydroxylation is 1. The van der Waals surface area contributed by atoms with Gasteiger partial charge in [0.2, 0.25) is 0 Å². The number of piperidine rings is 1. The first-order valence-electron chi connectivity index (χ1n) is 10.5. The highest BCUT2D eigenvalue weighted by Crippen LogP contribution is 2.23. The molecule has 3 rings (SSSR count). The summed E-state index contributed by atoms with van der Waals surface area (Å²) >= 11 is 0. The number of hydrogen-bond acceptors (Lipinski definition) is 4. The van der Waals surface area contributed by atoms with E-state index in [2.05, 4.69) is 25.8 Å². The fraction of sp³-hybridized carbons (Fsp3) is 0.650. The first-order valence-corrected chi connectivity index (χ1v) is 10.5. The average molecular weight is 553 g/mol. The van der Waals surface area contributed by atoms with Crippen molar-refractivity contribution >= 4 is 35.6 Å². The molecule has 31 heavy (non-hydrogen) atoms. The molecule has 2 aromatic heterocycles. The van der Waals surface area contributed by atoms with Crippen LogP contribution in [0.5, 0.6) is 0 Å². The molecule has 0 spiro atoms. The van der Waals surface area contributed by atoms with Gasteiger partial charge in [-0.1, -0.05) is 6.07 Å². The highest BCUT2D eigenvalue weighted by molar-refractivity contribution is 14.0. The van der Waals surface area contributed by atoms with Gasteiger partial charge in [-0.05, 0) is 56.8 Å². The molecule has 0 amide bonds. The summed E-state index contributed by atoms with van der Waals surface area (Å²) in [6.07, 6.45) is 2.14. The number of pyridine rings is 1. The van der Waals surface area contributed by atoms with Crippen molar-refractivity contribution in [1.29, 1.82) is 0 Å². The van der Waals surface area contributed by atoms with Crippen molar-refractivity contribution in [3.05, 3.63) is 30.2 Å². The van der Waals surface area contributed by atoms with Crippen LogP contribution in [0, 0.1) is 5.92 Å². The number of likely N-dealkylation sites (tertiary alicyclic amines) is 1. The Labute approximate surface area is 197 Å². The number of rotatable bonds is 8. The van der Waals surface area contributed by atoms with E-state index in [0.29, 0.717) is 19.0 Å². The normalized spacial score (nSPS) is 16.3. The van der Waals surface area contributed by atoms with Crippen LogP contribution in [0.4, 0.5) is 13.2 Å². The van der Waals surface area contributed by atoms with Gasteiger partial charge in [0.25, 0.3) is 0 Å². The zero-order valence-corrected chi connectivity index (χ0v) is 20.1. The lowest BCUT2D eigenvalue weighted by Gasteiger charge is -2.32. The summed E-state index contributed by atoms with van der Waals surface area (Å²) in [6, 6.07) is 5.83. The summed E-state index contributed by atoms with van der Waals surface area (Å²) in [6.45, 7) is 1.78. The maximum absolute atomic E-state index is 12.5. The molecular formula is C20H31F3IN7. The van der Waals surface area contributed by atoms with E-state index in [0.717, 1.165) is 62.6 Å². The summed E-state index contributed by atoms with van der Waals surface area (Å²) in [5, 5.41) is 15.0. The van der Waals surface area contributed by atoms with Crippen LogP contribution in [0.15, 0.2) is 29.4 Å². The second kappa shape index (κ2) is 12.4. The molecule has 0 radical (unpaired) electrons. The molecule has 3 heterocycles. The predicted octanol–water partition coefficient (Wildman–Crippen LogP) is 3.11. The van der Waals surface area contributed by atoms with Crippen molar-refractivity contribution in [2.24, 2.45) is 10.9 Å². The van der Waals surface area contributed by atoms with Crippen molar-refractivity contribution in [2.45, 2.75) is 38.3 Å². The molecule has 2 aromatic rings. The minimum Gasteiger partial charge on any atom is -0.356 e. The van der Waals surface area contributed by atoms with Crippen LogP contribution in [0.25, 0.3) is 5.65 Å². The smallest absolute Gasteiger partial charge is 0.356 e. The topological polar surface area (TPSA) is 69.8 Å². The molecule has 7 nitrogen and oxygen atoms in total. The van der Waals surface area contributed by atoms with Crippen molar-refractivity contribution in [3.8, 4) is 0 Å². The molecule has 0 saturated carbocycles. The summed E-state index contributed by atoms with van der Waals surface area (Å²) in [4.78, 5) is 5.74. The van der Waals surface area contributed by atoms with Gasteiger partial charge in [-0.25, -0.2) is 0 Å². The zero-order valence-electron chi connectivity index (χ0n) is 17.7. The molecule has 0 aromatic carbocycles. The van der Waals surface area contributed by atoms with E-state index >= 15 is 0 Å². The maximum Gasteiger partial charge on any atom is 0.401 e. The third-order valence-electron chi connectivity index (χ3n) is 5.43. The fourth-order valence-electron chi connectivity index (χ4n) is 3.82. The molecule has 0 aliphatic carbocycles. The number of nitrogens with one attached hydrogen (secondary N) is 2. The van der Waals surface area contributed by atoms with Gasteiger partial charge in [0, 0.05) is 32.8 Å². The minimum atomic E-state index is -4.10. The fourth-order valence-corrected chi connectivity index (χ4v) is 3.82.